The Kier molecular flexibility index (Phi) is 10.9. The summed E-state index contributed by atoms with van der Waals surface area (Å²) in [4.78, 5) is 51.6. The maximum Gasteiger partial charge on any atom is 0.514 e. The summed E-state index contributed by atoms with van der Waals surface area (Å²) in [7, 11) is 0. The molecular weight excluding hydrogens is 654 g/mol. The SMILES string of the molecule is CC(C)(C)OC(=O)O[C@H]1CN(C(=O)OC(C)(C)C)[C@H](Cc2ccc(-c3cc(C(F)F)cs3)cc2)[C@@H]1OC(=O)Oc1ccc([N+](=O)[O-])cc1. The number of nitro groups is 1. The minimum atomic E-state index is -2.59. The molecule has 258 valence electrons. The molecule has 1 aromatic heterocycles. The van der Waals surface area contributed by atoms with Crippen molar-refractivity contribution in [3.8, 4) is 16.2 Å². The van der Waals surface area contributed by atoms with Gasteiger partial charge in [-0.1, -0.05) is 24.3 Å². The third kappa shape index (κ3) is 9.86. The fourth-order valence-corrected chi connectivity index (χ4v) is 5.71. The Bertz CT molecular complexity index is 1610. The van der Waals surface area contributed by atoms with Crippen LogP contribution in [0.1, 0.15) is 59.1 Å². The molecule has 1 amide bonds. The monoisotopic (exact) mass is 690 g/mol. The van der Waals surface area contributed by atoms with E-state index in [1.807, 2.05) is 0 Å². The molecular formula is C33H36F2N2O10S. The maximum absolute atomic E-state index is 13.5. The Balaban J connectivity index is 1.64. The number of alkyl halides is 2. The summed E-state index contributed by atoms with van der Waals surface area (Å²) in [5.74, 6) is -0.0482. The molecule has 1 fully saturated rings. The van der Waals surface area contributed by atoms with E-state index >= 15 is 0 Å². The number of non-ortho nitro benzene ring substituents is 1. The first-order chi connectivity index (χ1) is 22.4. The van der Waals surface area contributed by atoms with E-state index in [0.717, 1.165) is 12.1 Å². The van der Waals surface area contributed by atoms with Gasteiger partial charge < -0.3 is 23.7 Å². The zero-order valence-electron chi connectivity index (χ0n) is 27.1. The molecule has 4 rings (SSSR count). The van der Waals surface area contributed by atoms with Crippen LogP contribution in [0.2, 0.25) is 0 Å². The van der Waals surface area contributed by atoms with Gasteiger partial charge in [0.05, 0.1) is 17.5 Å². The van der Waals surface area contributed by atoms with Crippen LogP contribution < -0.4 is 4.74 Å². The predicted molar refractivity (Wildman–Crippen MR) is 170 cm³/mol. The Morgan fingerprint density at radius 2 is 1.56 bits per heavy atom. The number of nitrogens with zero attached hydrogens (tertiary/aromatic N) is 2. The molecule has 1 aliphatic rings. The number of halogens is 2. The van der Waals surface area contributed by atoms with E-state index in [1.165, 1.54) is 39.8 Å². The lowest BCUT2D eigenvalue weighted by molar-refractivity contribution is -0.384. The highest BCUT2D eigenvalue weighted by atomic mass is 32.1. The number of hydrogen-bond acceptors (Lipinski definition) is 11. The summed E-state index contributed by atoms with van der Waals surface area (Å²) in [6.07, 6.45) is -8.01. The van der Waals surface area contributed by atoms with Gasteiger partial charge in [-0.25, -0.2) is 23.2 Å². The standard InChI is InChI=1S/C33H36F2N2O10S/c1-32(2,3)46-29(38)36-17-25(44-31(40)47-33(4,5)6)27(45-30(39)43-23-13-11-22(12-14-23)37(41)42)24(36)15-19-7-9-20(10-8-19)26-16-21(18-48-26)28(34)35/h7-14,16,18,24-25,27-28H,15,17H2,1-6H3/t24-,25+,27+/m1/s1. The van der Waals surface area contributed by atoms with Gasteiger partial charge in [0.1, 0.15) is 17.0 Å². The molecule has 0 N–H and O–H groups in total. The van der Waals surface area contributed by atoms with Crippen LogP contribution in [0, 0.1) is 10.1 Å². The van der Waals surface area contributed by atoms with Crippen molar-refractivity contribution >= 4 is 35.4 Å². The number of likely N-dealkylation sites (tertiary alicyclic amines) is 1. The first kappa shape index (κ1) is 36.1. The fourth-order valence-electron chi connectivity index (χ4n) is 4.80. The van der Waals surface area contributed by atoms with Crippen LogP contribution in [0.5, 0.6) is 5.75 Å². The van der Waals surface area contributed by atoms with E-state index in [2.05, 4.69) is 0 Å². The van der Waals surface area contributed by atoms with Crippen LogP contribution in [0.3, 0.4) is 0 Å². The summed E-state index contributed by atoms with van der Waals surface area (Å²) in [5.41, 5.74) is -0.712. The second-order valence-corrected chi connectivity index (χ2v) is 13.9. The zero-order valence-corrected chi connectivity index (χ0v) is 28.0. The molecule has 0 spiro atoms. The highest BCUT2D eigenvalue weighted by molar-refractivity contribution is 7.13. The molecule has 3 aromatic rings. The normalized spacial score (nSPS) is 17.9. The first-order valence-electron chi connectivity index (χ1n) is 14.9. The Labute approximate surface area is 279 Å². The highest BCUT2D eigenvalue weighted by Gasteiger charge is 2.50. The molecule has 48 heavy (non-hydrogen) atoms. The second kappa shape index (κ2) is 14.5. The van der Waals surface area contributed by atoms with E-state index < -0.39 is 59.2 Å². The lowest BCUT2D eigenvalue weighted by Crippen LogP contribution is -2.45. The summed E-state index contributed by atoms with van der Waals surface area (Å²) < 4.78 is 53.8. The summed E-state index contributed by atoms with van der Waals surface area (Å²) in [5, 5.41) is 12.4. The number of amides is 1. The van der Waals surface area contributed by atoms with Gasteiger partial charge in [0, 0.05) is 28.0 Å². The van der Waals surface area contributed by atoms with Gasteiger partial charge in [0.2, 0.25) is 0 Å². The molecule has 3 atom stereocenters. The Morgan fingerprint density at radius 3 is 2.10 bits per heavy atom. The van der Waals surface area contributed by atoms with Crippen LogP contribution in [-0.2, 0) is 25.4 Å². The van der Waals surface area contributed by atoms with E-state index in [1.54, 1.807) is 65.8 Å². The number of hydrogen-bond donors (Lipinski definition) is 0. The largest absolute Gasteiger partial charge is 0.514 e. The van der Waals surface area contributed by atoms with Crippen molar-refractivity contribution < 1.29 is 51.8 Å². The van der Waals surface area contributed by atoms with Gasteiger partial charge in [-0.05, 0) is 77.3 Å². The minimum absolute atomic E-state index is 0.0482. The van der Waals surface area contributed by atoms with Gasteiger partial charge in [-0.15, -0.1) is 11.3 Å². The van der Waals surface area contributed by atoms with Crippen molar-refractivity contribution in [1.29, 1.82) is 0 Å². The van der Waals surface area contributed by atoms with Crippen molar-refractivity contribution in [3.05, 3.63) is 81.2 Å². The Hall–Kier alpha value is -4.79. The molecule has 2 aromatic carbocycles. The number of carbonyl (C=O) groups excluding carboxylic acids is 3. The summed E-state index contributed by atoms with van der Waals surface area (Å²) in [6, 6.07) is 12.2. The number of carbonyl (C=O) groups is 3. The third-order valence-electron chi connectivity index (χ3n) is 6.82. The number of rotatable bonds is 8. The molecule has 2 heterocycles. The van der Waals surface area contributed by atoms with Crippen LogP contribution >= 0.6 is 11.3 Å². The lowest BCUT2D eigenvalue weighted by Gasteiger charge is -2.30. The van der Waals surface area contributed by atoms with Crippen LogP contribution in [-0.4, -0.2) is 64.2 Å². The van der Waals surface area contributed by atoms with Crippen LogP contribution in [0.4, 0.5) is 28.9 Å². The van der Waals surface area contributed by atoms with Crippen LogP contribution in [0.25, 0.3) is 10.4 Å². The van der Waals surface area contributed by atoms with Gasteiger partial charge in [-0.2, -0.15) is 0 Å². The molecule has 0 bridgehead atoms. The molecule has 0 aliphatic carbocycles. The topological polar surface area (TPSA) is 144 Å². The number of ether oxygens (including phenoxy) is 5. The Morgan fingerprint density at radius 1 is 0.938 bits per heavy atom. The van der Waals surface area contributed by atoms with Crippen molar-refractivity contribution in [2.24, 2.45) is 0 Å². The maximum atomic E-state index is 13.5. The molecule has 0 saturated carbocycles. The van der Waals surface area contributed by atoms with E-state index in [0.29, 0.717) is 16.0 Å². The average molecular weight is 691 g/mol. The lowest BCUT2D eigenvalue weighted by atomic mass is 9.99. The van der Waals surface area contributed by atoms with E-state index in [-0.39, 0.29) is 30.0 Å². The molecule has 12 nitrogen and oxygen atoms in total. The number of nitro benzene ring substituents is 1. The van der Waals surface area contributed by atoms with E-state index in [9.17, 15) is 33.3 Å². The second-order valence-electron chi connectivity index (χ2n) is 13.0. The molecule has 1 aliphatic heterocycles. The molecule has 0 unspecified atom stereocenters. The third-order valence-corrected chi connectivity index (χ3v) is 7.82. The fraction of sp³-hybridized carbons (Fsp3) is 0.424. The zero-order chi connectivity index (χ0) is 35.4. The van der Waals surface area contributed by atoms with Gasteiger partial charge >= 0.3 is 18.4 Å². The molecule has 0 radical (unpaired) electrons. The number of thiophene rings is 1. The summed E-state index contributed by atoms with van der Waals surface area (Å²) >= 11 is 1.18. The highest BCUT2D eigenvalue weighted by Crippen LogP contribution is 2.34. The average Bonchev–Trinajstić information content (AvgIpc) is 3.58. The first-order valence-corrected chi connectivity index (χ1v) is 15.7. The number of benzene rings is 2. The minimum Gasteiger partial charge on any atom is -0.444 e. The quantitative estimate of drug-likeness (QED) is 0.0744. The van der Waals surface area contributed by atoms with Crippen molar-refractivity contribution in [2.45, 2.75) is 83.8 Å². The van der Waals surface area contributed by atoms with Gasteiger partial charge in [0.25, 0.3) is 12.1 Å². The summed E-state index contributed by atoms with van der Waals surface area (Å²) in [6.45, 7) is 9.75. The van der Waals surface area contributed by atoms with Crippen molar-refractivity contribution in [2.75, 3.05) is 6.54 Å². The van der Waals surface area contributed by atoms with Gasteiger partial charge in [0.15, 0.2) is 12.2 Å². The predicted octanol–water partition coefficient (Wildman–Crippen LogP) is 8.33. The smallest absolute Gasteiger partial charge is 0.444 e. The van der Waals surface area contributed by atoms with Gasteiger partial charge in [-0.3, -0.25) is 15.0 Å². The van der Waals surface area contributed by atoms with Crippen molar-refractivity contribution in [3.63, 3.8) is 0 Å². The van der Waals surface area contributed by atoms with Crippen LogP contribution in [0.15, 0.2) is 60.0 Å². The van der Waals surface area contributed by atoms with E-state index in [4.69, 9.17) is 23.7 Å². The van der Waals surface area contributed by atoms with Crippen molar-refractivity contribution in [1.82, 2.24) is 4.90 Å². The molecule has 15 heteroatoms. The molecule has 1 saturated heterocycles.